The van der Waals surface area contributed by atoms with E-state index in [2.05, 4.69) is 0 Å². The van der Waals surface area contributed by atoms with Gasteiger partial charge >= 0.3 is 5.69 Å². The SMILES string of the molecule is COc1c([N+](=O)[O-])cc(Cl)c2c1C=C[C@@H](N)CC2. The van der Waals surface area contributed by atoms with Crippen molar-refractivity contribution in [3.05, 3.63) is 38.4 Å². The van der Waals surface area contributed by atoms with E-state index in [-0.39, 0.29) is 17.5 Å². The quantitative estimate of drug-likeness (QED) is 0.660. The molecule has 6 heteroatoms. The van der Waals surface area contributed by atoms with Crippen LogP contribution in [0.2, 0.25) is 5.02 Å². The zero-order chi connectivity index (χ0) is 13.3. The lowest BCUT2D eigenvalue weighted by Gasteiger charge is -2.12. The van der Waals surface area contributed by atoms with Gasteiger partial charge in [0.1, 0.15) is 0 Å². The zero-order valence-corrected chi connectivity index (χ0v) is 10.6. The summed E-state index contributed by atoms with van der Waals surface area (Å²) in [5, 5.41) is 11.4. The molecular formula is C12H13ClN2O3. The largest absolute Gasteiger partial charge is 0.490 e. The smallest absolute Gasteiger partial charge is 0.313 e. The maximum absolute atomic E-state index is 11.0. The predicted molar refractivity (Wildman–Crippen MR) is 70.0 cm³/mol. The Morgan fingerprint density at radius 1 is 1.61 bits per heavy atom. The Kier molecular flexibility index (Phi) is 3.54. The molecule has 0 saturated heterocycles. The highest BCUT2D eigenvalue weighted by atomic mass is 35.5. The van der Waals surface area contributed by atoms with Crippen molar-refractivity contribution in [2.24, 2.45) is 5.73 Å². The maximum atomic E-state index is 11.0. The normalized spacial score (nSPS) is 18.1. The van der Waals surface area contributed by atoms with Gasteiger partial charge in [0.25, 0.3) is 0 Å². The van der Waals surface area contributed by atoms with Gasteiger partial charge in [-0.25, -0.2) is 0 Å². The fraction of sp³-hybridized carbons (Fsp3) is 0.333. The molecule has 2 N–H and O–H groups in total. The minimum Gasteiger partial charge on any atom is -0.490 e. The molecule has 1 aromatic rings. The Labute approximate surface area is 109 Å². The summed E-state index contributed by atoms with van der Waals surface area (Å²) >= 11 is 6.11. The molecule has 18 heavy (non-hydrogen) atoms. The summed E-state index contributed by atoms with van der Waals surface area (Å²) in [6.07, 6.45) is 5.00. The van der Waals surface area contributed by atoms with E-state index in [1.54, 1.807) is 6.08 Å². The molecule has 0 heterocycles. The molecule has 0 amide bonds. The van der Waals surface area contributed by atoms with Crippen molar-refractivity contribution in [1.29, 1.82) is 0 Å². The summed E-state index contributed by atoms with van der Waals surface area (Å²) in [6, 6.07) is 1.27. The highest BCUT2D eigenvalue weighted by Gasteiger charge is 2.24. The van der Waals surface area contributed by atoms with Crippen molar-refractivity contribution in [3.63, 3.8) is 0 Å². The van der Waals surface area contributed by atoms with Gasteiger partial charge in [-0.05, 0) is 18.4 Å². The number of ether oxygens (including phenoxy) is 1. The second-order valence-corrected chi connectivity index (χ2v) is 4.53. The summed E-state index contributed by atoms with van der Waals surface area (Å²) in [5.74, 6) is 0.241. The number of nitrogens with two attached hydrogens (primary N) is 1. The fourth-order valence-electron chi connectivity index (χ4n) is 2.08. The first-order chi connectivity index (χ1) is 8.54. The van der Waals surface area contributed by atoms with E-state index >= 15 is 0 Å². The van der Waals surface area contributed by atoms with E-state index in [1.807, 2.05) is 6.08 Å². The van der Waals surface area contributed by atoms with Crippen molar-refractivity contribution in [1.82, 2.24) is 0 Å². The molecule has 0 unspecified atom stereocenters. The first kappa shape index (κ1) is 12.9. The third-order valence-corrected chi connectivity index (χ3v) is 3.33. The fourth-order valence-corrected chi connectivity index (χ4v) is 2.38. The van der Waals surface area contributed by atoms with Gasteiger partial charge in [-0.15, -0.1) is 0 Å². The lowest BCUT2D eigenvalue weighted by Crippen LogP contribution is -2.16. The number of nitro benzene ring substituents is 1. The van der Waals surface area contributed by atoms with Gasteiger partial charge in [0, 0.05) is 17.7 Å². The molecule has 1 aromatic carbocycles. The summed E-state index contributed by atoms with van der Waals surface area (Å²) in [7, 11) is 1.41. The van der Waals surface area contributed by atoms with Crippen LogP contribution < -0.4 is 10.5 Å². The highest BCUT2D eigenvalue weighted by Crippen LogP contribution is 2.40. The van der Waals surface area contributed by atoms with Gasteiger partial charge < -0.3 is 10.5 Å². The van der Waals surface area contributed by atoms with Gasteiger partial charge in [0.15, 0.2) is 0 Å². The average Bonchev–Trinajstić information content (AvgIpc) is 2.52. The van der Waals surface area contributed by atoms with Gasteiger partial charge in [-0.2, -0.15) is 0 Å². The van der Waals surface area contributed by atoms with Crippen LogP contribution in [0.3, 0.4) is 0 Å². The van der Waals surface area contributed by atoms with Crippen molar-refractivity contribution in [2.45, 2.75) is 18.9 Å². The number of halogens is 1. The third-order valence-electron chi connectivity index (χ3n) is 2.99. The predicted octanol–water partition coefficient (Wildman–Crippen LogP) is 2.54. The molecule has 0 fully saturated rings. The topological polar surface area (TPSA) is 78.4 Å². The van der Waals surface area contributed by atoms with Crippen molar-refractivity contribution >= 4 is 23.4 Å². The number of hydrogen-bond acceptors (Lipinski definition) is 4. The number of methoxy groups -OCH3 is 1. The molecule has 1 aliphatic rings. The van der Waals surface area contributed by atoms with E-state index in [0.717, 1.165) is 12.0 Å². The lowest BCUT2D eigenvalue weighted by molar-refractivity contribution is -0.385. The van der Waals surface area contributed by atoms with Crippen LogP contribution in [0.25, 0.3) is 6.08 Å². The van der Waals surface area contributed by atoms with E-state index in [0.29, 0.717) is 17.0 Å². The minimum absolute atomic E-state index is 0.0720. The Morgan fingerprint density at radius 3 is 2.94 bits per heavy atom. The Hall–Kier alpha value is -1.59. The lowest BCUT2D eigenvalue weighted by atomic mass is 10.0. The molecule has 0 spiro atoms. The van der Waals surface area contributed by atoms with Crippen molar-refractivity contribution in [3.8, 4) is 5.75 Å². The monoisotopic (exact) mass is 268 g/mol. The average molecular weight is 269 g/mol. The minimum atomic E-state index is -0.496. The number of fused-ring (bicyclic) bond motifs is 1. The van der Waals surface area contributed by atoms with E-state index in [9.17, 15) is 10.1 Å². The summed E-state index contributed by atoms with van der Waals surface area (Å²) in [6.45, 7) is 0. The molecule has 0 aromatic heterocycles. The first-order valence-electron chi connectivity index (χ1n) is 5.52. The number of nitro groups is 1. The van der Waals surface area contributed by atoms with Crippen LogP contribution >= 0.6 is 11.6 Å². The van der Waals surface area contributed by atoms with Crippen LogP contribution in [0.15, 0.2) is 12.1 Å². The molecule has 0 radical (unpaired) electrons. The number of rotatable bonds is 2. The van der Waals surface area contributed by atoms with Crippen LogP contribution in [-0.2, 0) is 6.42 Å². The zero-order valence-electron chi connectivity index (χ0n) is 9.85. The van der Waals surface area contributed by atoms with Gasteiger partial charge in [-0.1, -0.05) is 23.8 Å². The second kappa shape index (κ2) is 4.96. The van der Waals surface area contributed by atoms with Crippen molar-refractivity contribution in [2.75, 3.05) is 7.11 Å². The van der Waals surface area contributed by atoms with E-state index in [1.165, 1.54) is 13.2 Å². The molecule has 0 aliphatic heterocycles. The first-order valence-corrected chi connectivity index (χ1v) is 5.90. The van der Waals surface area contributed by atoms with Crippen LogP contribution in [0.4, 0.5) is 5.69 Å². The second-order valence-electron chi connectivity index (χ2n) is 4.12. The number of hydrogen-bond donors (Lipinski definition) is 1. The Balaban J connectivity index is 2.69. The molecule has 1 atom stereocenters. The van der Waals surface area contributed by atoms with Gasteiger partial charge in [-0.3, -0.25) is 10.1 Å². The standard InChI is InChI=1S/C12H13ClN2O3/c1-18-12-9-5-3-7(14)2-4-8(9)10(13)6-11(12)15(16)17/h3,5-7H,2,4,14H2,1H3/t7-/m0/s1. The van der Waals surface area contributed by atoms with Crippen LogP contribution in [-0.4, -0.2) is 18.1 Å². The Morgan fingerprint density at radius 2 is 2.33 bits per heavy atom. The molecule has 96 valence electrons. The third kappa shape index (κ3) is 2.19. The molecule has 0 saturated carbocycles. The number of nitrogens with zero attached hydrogens (tertiary/aromatic N) is 1. The van der Waals surface area contributed by atoms with E-state index < -0.39 is 4.92 Å². The van der Waals surface area contributed by atoms with E-state index in [4.69, 9.17) is 22.1 Å². The van der Waals surface area contributed by atoms with Crippen LogP contribution in [0.1, 0.15) is 17.5 Å². The molecular weight excluding hydrogens is 256 g/mol. The van der Waals surface area contributed by atoms with Crippen LogP contribution in [0, 0.1) is 10.1 Å². The Bertz CT molecular complexity index is 529. The van der Waals surface area contributed by atoms with Gasteiger partial charge in [0.2, 0.25) is 5.75 Å². The summed E-state index contributed by atoms with van der Waals surface area (Å²) in [5.41, 5.74) is 7.23. The summed E-state index contributed by atoms with van der Waals surface area (Å²) < 4.78 is 5.16. The highest BCUT2D eigenvalue weighted by molar-refractivity contribution is 6.32. The molecule has 1 aliphatic carbocycles. The molecule has 5 nitrogen and oxygen atoms in total. The number of benzene rings is 1. The van der Waals surface area contributed by atoms with Crippen molar-refractivity contribution < 1.29 is 9.66 Å². The summed E-state index contributed by atoms with van der Waals surface area (Å²) in [4.78, 5) is 10.5. The van der Waals surface area contributed by atoms with Gasteiger partial charge in [0.05, 0.1) is 17.1 Å². The maximum Gasteiger partial charge on any atom is 0.313 e. The van der Waals surface area contributed by atoms with Crippen LogP contribution in [0.5, 0.6) is 5.75 Å². The molecule has 0 bridgehead atoms. The molecule has 2 rings (SSSR count).